The molecule has 0 saturated carbocycles. The first-order chi connectivity index (χ1) is 41.1. The molecular weight excluding hydrogens is 1420 g/mol. The van der Waals surface area contributed by atoms with Crippen LogP contribution < -0.4 is 0 Å². The molecular formula is C47H57F40NO5. The Bertz CT molecular complexity index is 2120. The van der Waals surface area contributed by atoms with E-state index in [0.717, 1.165) is 19.0 Å². The Balaban J connectivity index is 6.63. The minimum atomic E-state index is -9.43. The molecule has 0 saturated heterocycles. The van der Waals surface area contributed by atoms with Crippen molar-refractivity contribution in [3.05, 3.63) is 0 Å². The van der Waals surface area contributed by atoms with Gasteiger partial charge in [0.2, 0.25) is 0 Å². The van der Waals surface area contributed by atoms with Crippen LogP contribution in [-0.4, -0.2) is 210 Å². The summed E-state index contributed by atoms with van der Waals surface area (Å²) in [4.78, 5) is 1.10. The third-order valence-corrected chi connectivity index (χ3v) is 13.3. The minimum absolute atomic E-state index is 0.0160. The molecule has 46 heteroatoms. The van der Waals surface area contributed by atoms with Gasteiger partial charge in [-0.25, -0.2) is 0 Å². The van der Waals surface area contributed by atoms with Gasteiger partial charge < -0.3 is 28.6 Å². The fourth-order valence-electron chi connectivity index (χ4n) is 7.21. The zero-order valence-electron chi connectivity index (χ0n) is 47.7. The number of likely N-dealkylation sites (N-methyl/N-ethyl adjacent to an activating group) is 1. The van der Waals surface area contributed by atoms with Crippen LogP contribution in [0.5, 0.6) is 0 Å². The van der Waals surface area contributed by atoms with Gasteiger partial charge in [-0.05, 0) is 39.8 Å². The fraction of sp³-hybridized carbons (Fsp3) is 1.00. The molecule has 93 heavy (non-hydrogen) atoms. The van der Waals surface area contributed by atoms with E-state index < -0.39 is 203 Å². The highest BCUT2D eigenvalue weighted by Crippen LogP contribution is 2.69. The van der Waals surface area contributed by atoms with Gasteiger partial charge in [0.25, 0.3) is 0 Å². The normalized spacial score (nSPS) is 15.8. The van der Waals surface area contributed by atoms with E-state index in [1.807, 2.05) is 0 Å². The third kappa shape index (κ3) is 16.7. The molecule has 0 fully saturated rings. The van der Waals surface area contributed by atoms with E-state index in [9.17, 15) is 176 Å². The van der Waals surface area contributed by atoms with Crippen molar-refractivity contribution in [3.63, 3.8) is 0 Å². The molecule has 0 N–H and O–H groups in total. The van der Waals surface area contributed by atoms with Gasteiger partial charge in [-0.2, -0.15) is 176 Å². The van der Waals surface area contributed by atoms with Crippen LogP contribution in [0.1, 0.15) is 90.9 Å². The van der Waals surface area contributed by atoms with E-state index in [-0.39, 0.29) is 38.5 Å². The van der Waals surface area contributed by atoms with Crippen molar-refractivity contribution < 1.29 is 199 Å². The molecule has 560 valence electrons. The molecule has 0 radical (unpaired) electrons. The largest absolute Gasteiger partial charge is 0.385 e. The smallest absolute Gasteiger partial charge is 0.377 e. The summed E-state index contributed by atoms with van der Waals surface area (Å²) in [5, 5.41) is 0. The molecule has 0 heterocycles. The Kier molecular flexibility index (Phi) is 29.6. The second-order valence-electron chi connectivity index (χ2n) is 20.9. The van der Waals surface area contributed by atoms with E-state index >= 15 is 0 Å². The van der Waals surface area contributed by atoms with Crippen LogP contribution in [0, 0.1) is 0 Å². The van der Waals surface area contributed by atoms with Gasteiger partial charge in [0.1, 0.15) is 26.4 Å². The van der Waals surface area contributed by atoms with Crippen molar-refractivity contribution in [3.8, 4) is 0 Å². The highest BCUT2D eigenvalue weighted by molar-refractivity contribution is 5.20. The SMILES string of the molecule is CCCCCCCOCC(F)(F)C(F)(F)C(F)(F)C(F)(F)C(F)(F)C(F)(F)C(F)(F)C(F)(F)C(F)(F)C(F)(F)COCCC(CCOCC(F)(F)C(F)(F)C(F)(F)C(F)(F)C(F)(F)C(F)(F)C(F)(F)C(F)(F)C(F)(F)C(F)(F)COCCCCCCC)OCCN(C)C. The summed E-state index contributed by atoms with van der Waals surface area (Å²) in [7, 11) is 2.32. The second kappa shape index (κ2) is 30.6. The number of halogens is 40. The zero-order valence-corrected chi connectivity index (χ0v) is 47.7. The summed E-state index contributed by atoms with van der Waals surface area (Å²) in [6.45, 7) is -17.8. The van der Waals surface area contributed by atoms with Crippen molar-refractivity contribution in [1.29, 1.82) is 0 Å². The molecule has 6 nitrogen and oxygen atoms in total. The van der Waals surface area contributed by atoms with E-state index in [4.69, 9.17) is 4.74 Å². The number of rotatable bonds is 48. The highest BCUT2D eigenvalue weighted by atomic mass is 19.4. The number of ether oxygens (including phenoxy) is 5. The molecule has 0 aromatic carbocycles. The quantitative estimate of drug-likeness (QED) is 0.0447. The fourth-order valence-corrected chi connectivity index (χ4v) is 7.21. The van der Waals surface area contributed by atoms with Gasteiger partial charge in [0, 0.05) is 33.0 Å². The zero-order chi connectivity index (χ0) is 74.2. The molecule has 0 unspecified atom stereocenters. The van der Waals surface area contributed by atoms with Gasteiger partial charge in [-0.15, -0.1) is 0 Å². The van der Waals surface area contributed by atoms with Crippen LogP contribution in [0.4, 0.5) is 176 Å². The molecule has 0 aliphatic heterocycles. The van der Waals surface area contributed by atoms with Crippen molar-refractivity contribution in [1.82, 2.24) is 4.90 Å². The van der Waals surface area contributed by atoms with E-state index in [1.54, 1.807) is 13.8 Å². The van der Waals surface area contributed by atoms with Gasteiger partial charge in [-0.1, -0.05) is 65.2 Å². The van der Waals surface area contributed by atoms with Crippen LogP contribution >= 0.6 is 0 Å². The lowest BCUT2D eigenvalue weighted by Gasteiger charge is -2.45. The molecule has 0 rings (SSSR count). The molecule has 0 spiro atoms. The first kappa shape index (κ1) is 90.0. The average molecular weight is 1480 g/mol. The van der Waals surface area contributed by atoms with Crippen LogP contribution in [-0.2, 0) is 23.7 Å². The Morgan fingerprint density at radius 3 is 0.613 bits per heavy atom. The Morgan fingerprint density at radius 2 is 0.419 bits per heavy atom. The number of hydrogen-bond acceptors (Lipinski definition) is 6. The van der Waals surface area contributed by atoms with Gasteiger partial charge in [0.15, 0.2) is 0 Å². The van der Waals surface area contributed by atoms with Crippen LogP contribution in [0.25, 0.3) is 0 Å². The maximum Gasteiger partial charge on any atom is 0.385 e. The van der Waals surface area contributed by atoms with Crippen molar-refractivity contribution in [2.24, 2.45) is 0 Å². The van der Waals surface area contributed by atoms with E-state index in [1.165, 1.54) is 0 Å². The summed E-state index contributed by atoms with van der Waals surface area (Å²) in [6, 6.07) is 0. The third-order valence-electron chi connectivity index (χ3n) is 13.3. The predicted octanol–water partition coefficient (Wildman–Crippen LogP) is 18.4. The minimum Gasteiger partial charge on any atom is -0.377 e. The maximum absolute atomic E-state index is 14.6. The number of nitrogens with zero attached hydrogens (tertiary/aromatic N) is 1. The average Bonchev–Trinajstić information content (AvgIpc) is 0.699. The predicted molar refractivity (Wildman–Crippen MR) is 237 cm³/mol. The lowest BCUT2D eigenvalue weighted by Crippen LogP contribution is -2.77. The number of unbranched alkanes of at least 4 members (excludes halogenated alkanes) is 8. The van der Waals surface area contributed by atoms with Gasteiger partial charge in [0.05, 0.1) is 12.7 Å². The van der Waals surface area contributed by atoms with Crippen molar-refractivity contribution >= 4 is 0 Å². The molecule has 0 aliphatic carbocycles. The Hall–Kier alpha value is -3.04. The first-order valence-electron chi connectivity index (χ1n) is 26.2. The summed E-state index contributed by atoms with van der Waals surface area (Å²) in [5.41, 5.74) is 0. The topological polar surface area (TPSA) is 49.4 Å². The number of hydrogen-bond donors (Lipinski definition) is 0. The molecule has 0 aliphatic rings. The van der Waals surface area contributed by atoms with Crippen molar-refractivity contribution in [2.75, 3.05) is 80.1 Å². The first-order valence-corrected chi connectivity index (χ1v) is 26.2. The Morgan fingerprint density at radius 1 is 0.237 bits per heavy atom. The molecule has 0 amide bonds. The summed E-state index contributed by atoms with van der Waals surface area (Å²) >= 11 is 0. The summed E-state index contributed by atoms with van der Waals surface area (Å²) in [6.07, 6.45) is -3.42. The molecule has 0 atom stereocenters. The summed E-state index contributed by atoms with van der Waals surface area (Å²) < 4.78 is 597. The van der Waals surface area contributed by atoms with E-state index in [2.05, 4.69) is 18.9 Å². The highest BCUT2D eigenvalue weighted by Gasteiger charge is 2.99. The van der Waals surface area contributed by atoms with Crippen LogP contribution in [0.3, 0.4) is 0 Å². The maximum atomic E-state index is 14.6. The molecule has 0 bridgehead atoms. The van der Waals surface area contributed by atoms with Crippen LogP contribution in [0.15, 0.2) is 0 Å². The lowest BCUT2D eigenvalue weighted by molar-refractivity contribution is -0.470. The van der Waals surface area contributed by atoms with Gasteiger partial charge >= 0.3 is 118 Å². The van der Waals surface area contributed by atoms with Gasteiger partial charge in [-0.3, -0.25) is 0 Å². The van der Waals surface area contributed by atoms with Crippen LogP contribution in [0.2, 0.25) is 0 Å². The molecule has 0 aromatic heterocycles. The van der Waals surface area contributed by atoms with Crippen molar-refractivity contribution in [2.45, 2.75) is 215 Å². The van der Waals surface area contributed by atoms with E-state index in [0.29, 0.717) is 25.7 Å². The number of alkyl halides is 40. The lowest BCUT2D eigenvalue weighted by atomic mass is 9.85. The second-order valence-corrected chi connectivity index (χ2v) is 20.9. The Labute approximate surface area is 499 Å². The summed E-state index contributed by atoms with van der Waals surface area (Å²) in [5.74, 6) is -172. The molecule has 0 aromatic rings. The monoisotopic (exact) mass is 1480 g/mol. The standard InChI is InChI=1S/C47H57F40NO5/c1-5-7-9-11-13-18-89-23-28(48,49)32(56,57)36(64,65)40(72,73)44(80,81)46(84,85)42(76,77)38(68,69)34(60,61)30(52,53)25-91-20-15-27(93-22-17-88(3)4)16-21-92-26-31(54,55)35(62,63)39(70,71)43(78,79)47(86,87)45(82,83)41(74,75)37(66,67)33(58,59)29(50,51)24-90-19-14-12-10-8-6-2/h27H,5-26H2,1-4H3.